The standard InChI is InChI=1S/C18H15NO/c1-3-14-19(15(2)16-10-6-4-7-11-16)18(20)17-12-8-5-9-13-17/h1,4-13H,2,14H2. The number of nitrogens with zero attached hydrogens (tertiary/aromatic N) is 1. The van der Waals surface area contributed by atoms with Gasteiger partial charge in [-0.15, -0.1) is 6.42 Å². The lowest BCUT2D eigenvalue weighted by atomic mass is 10.1. The number of rotatable bonds is 4. The second kappa shape index (κ2) is 6.40. The molecular weight excluding hydrogens is 246 g/mol. The number of hydrogen-bond donors (Lipinski definition) is 0. The van der Waals surface area contributed by atoms with Crippen molar-refractivity contribution in [2.24, 2.45) is 0 Å². The fraction of sp³-hybridized carbons (Fsp3) is 0.0556. The average molecular weight is 261 g/mol. The Kier molecular flexibility index (Phi) is 4.36. The van der Waals surface area contributed by atoms with Crippen LogP contribution in [0.1, 0.15) is 15.9 Å². The van der Waals surface area contributed by atoms with Gasteiger partial charge in [-0.25, -0.2) is 0 Å². The Morgan fingerprint density at radius 3 is 2.00 bits per heavy atom. The minimum absolute atomic E-state index is 0.141. The molecule has 2 rings (SSSR count). The first kappa shape index (κ1) is 13.6. The number of carbonyl (C=O) groups excluding carboxylic acids is 1. The van der Waals surface area contributed by atoms with Gasteiger partial charge in [0.25, 0.3) is 5.91 Å². The van der Waals surface area contributed by atoms with Crippen molar-refractivity contribution >= 4 is 11.6 Å². The van der Waals surface area contributed by atoms with Gasteiger partial charge in [0.05, 0.1) is 6.54 Å². The highest BCUT2D eigenvalue weighted by molar-refractivity contribution is 5.99. The predicted molar refractivity (Wildman–Crippen MR) is 81.8 cm³/mol. The van der Waals surface area contributed by atoms with Gasteiger partial charge < -0.3 is 0 Å². The van der Waals surface area contributed by atoms with E-state index in [9.17, 15) is 4.79 Å². The monoisotopic (exact) mass is 261 g/mol. The summed E-state index contributed by atoms with van der Waals surface area (Å²) in [4.78, 5) is 14.0. The van der Waals surface area contributed by atoms with Gasteiger partial charge in [-0.2, -0.15) is 0 Å². The second-order valence-corrected chi connectivity index (χ2v) is 4.27. The maximum atomic E-state index is 12.5. The van der Waals surface area contributed by atoms with Crippen LogP contribution in [0.2, 0.25) is 0 Å². The molecule has 20 heavy (non-hydrogen) atoms. The van der Waals surface area contributed by atoms with Crippen LogP contribution in [0.25, 0.3) is 5.70 Å². The molecule has 0 aliphatic rings. The first-order chi connectivity index (χ1) is 9.74. The maximum absolute atomic E-state index is 12.5. The van der Waals surface area contributed by atoms with Crippen molar-refractivity contribution in [2.45, 2.75) is 0 Å². The highest BCUT2D eigenvalue weighted by Crippen LogP contribution is 2.19. The molecule has 0 N–H and O–H groups in total. The lowest BCUT2D eigenvalue weighted by Crippen LogP contribution is -2.29. The quantitative estimate of drug-likeness (QED) is 0.772. The highest BCUT2D eigenvalue weighted by atomic mass is 16.2. The summed E-state index contributed by atoms with van der Waals surface area (Å²) >= 11 is 0. The van der Waals surface area contributed by atoms with Crippen molar-refractivity contribution < 1.29 is 4.79 Å². The van der Waals surface area contributed by atoms with Crippen LogP contribution in [-0.4, -0.2) is 17.4 Å². The molecule has 0 unspecified atom stereocenters. The molecule has 0 aliphatic carbocycles. The van der Waals surface area contributed by atoms with Gasteiger partial charge in [0, 0.05) is 11.3 Å². The van der Waals surface area contributed by atoms with Crippen LogP contribution in [0, 0.1) is 12.3 Å². The molecule has 0 fully saturated rings. The molecule has 0 heterocycles. The molecule has 2 heteroatoms. The van der Waals surface area contributed by atoms with Crippen molar-refractivity contribution in [3.05, 3.63) is 78.4 Å². The SMILES string of the molecule is C#CCN(C(=C)c1ccccc1)C(=O)c1ccccc1. The van der Waals surface area contributed by atoms with Crippen LogP contribution >= 0.6 is 0 Å². The summed E-state index contributed by atoms with van der Waals surface area (Å²) in [5.74, 6) is 2.37. The molecule has 0 spiro atoms. The van der Waals surface area contributed by atoms with Crippen molar-refractivity contribution in [1.82, 2.24) is 4.90 Å². The van der Waals surface area contributed by atoms with Gasteiger partial charge >= 0.3 is 0 Å². The van der Waals surface area contributed by atoms with Crippen LogP contribution in [0.3, 0.4) is 0 Å². The van der Waals surface area contributed by atoms with Gasteiger partial charge in [-0.1, -0.05) is 61.0 Å². The first-order valence-electron chi connectivity index (χ1n) is 6.28. The number of amides is 1. The van der Waals surface area contributed by atoms with E-state index in [1.807, 2.05) is 48.5 Å². The molecule has 0 radical (unpaired) electrons. The zero-order chi connectivity index (χ0) is 14.4. The van der Waals surface area contributed by atoms with E-state index in [1.54, 1.807) is 12.1 Å². The molecule has 0 atom stereocenters. The Hall–Kier alpha value is -2.79. The number of benzene rings is 2. The zero-order valence-corrected chi connectivity index (χ0v) is 11.1. The lowest BCUT2D eigenvalue weighted by Gasteiger charge is -2.23. The Labute approximate surface area is 119 Å². The third-order valence-corrected chi connectivity index (χ3v) is 2.95. The van der Waals surface area contributed by atoms with Crippen LogP contribution in [0.4, 0.5) is 0 Å². The number of hydrogen-bond acceptors (Lipinski definition) is 1. The van der Waals surface area contributed by atoms with Crippen molar-refractivity contribution in [3.63, 3.8) is 0 Å². The predicted octanol–water partition coefficient (Wildman–Crippen LogP) is 3.43. The minimum atomic E-state index is -0.141. The Morgan fingerprint density at radius 1 is 1.00 bits per heavy atom. The summed E-state index contributed by atoms with van der Waals surface area (Å²) in [7, 11) is 0. The van der Waals surface area contributed by atoms with Crippen LogP contribution < -0.4 is 0 Å². The summed E-state index contributed by atoms with van der Waals surface area (Å²) in [6.07, 6.45) is 5.38. The summed E-state index contributed by atoms with van der Waals surface area (Å²) in [6.45, 7) is 4.20. The minimum Gasteiger partial charge on any atom is -0.297 e. The molecule has 2 nitrogen and oxygen atoms in total. The van der Waals surface area contributed by atoms with E-state index in [0.29, 0.717) is 11.3 Å². The Balaban J connectivity index is 2.31. The first-order valence-corrected chi connectivity index (χ1v) is 6.28. The normalized spacial score (nSPS) is 9.55. The fourth-order valence-corrected chi connectivity index (χ4v) is 1.90. The molecular formula is C18H15NO. The third kappa shape index (κ3) is 2.96. The van der Waals surface area contributed by atoms with E-state index < -0.39 is 0 Å². The third-order valence-electron chi connectivity index (χ3n) is 2.95. The molecule has 2 aromatic rings. The van der Waals surface area contributed by atoms with Gasteiger partial charge in [-0.05, 0) is 17.7 Å². The number of terminal acetylenes is 1. The highest BCUT2D eigenvalue weighted by Gasteiger charge is 2.18. The van der Waals surface area contributed by atoms with Gasteiger partial charge in [-0.3, -0.25) is 9.69 Å². The summed E-state index contributed by atoms with van der Waals surface area (Å²) in [5, 5.41) is 0. The summed E-state index contributed by atoms with van der Waals surface area (Å²) < 4.78 is 0. The van der Waals surface area contributed by atoms with Crippen molar-refractivity contribution in [1.29, 1.82) is 0 Å². The molecule has 0 aromatic heterocycles. The van der Waals surface area contributed by atoms with E-state index in [4.69, 9.17) is 6.42 Å². The van der Waals surface area contributed by atoms with E-state index in [-0.39, 0.29) is 12.5 Å². The van der Waals surface area contributed by atoms with Crippen molar-refractivity contribution in [3.8, 4) is 12.3 Å². The smallest absolute Gasteiger partial charge is 0.259 e. The Bertz CT molecular complexity index is 587. The average Bonchev–Trinajstić information content (AvgIpc) is 2.53. The molecule has 0 saturated heterocycles. The van der Waals surface area contributed by atoms with E-state index in [1.165, 1.54) is 4.90 Å². The fourth-order valence-electron chi connectivity index (χ4n) is 1.90. The van der Waals surface area contributed by atoms with Gasteiger partial charge in [0.15, 0.2) is 0 Å². The maximum Gasteiger partial charge on any atom is 0.259 e. The van der Waals surface area contributed by atoms with E-state index in [0.717, 1.165) is 5.56 Å². The Morgan fingerprint density at radius 2 is 1.50 bits per heavy atom. The van der Waals surface area contributed by atoms with E-state index in [2.05, 4.69) is 12.5 Å². The number of carbonyl (C=O) groups is 1. The van der Waals surface area contributed by atoms with Crippen LogP contribution in [0.15, 0.2) is 67.2 Å². The molecule has 98 valence electrons. The summed E-state index contributed by atoms with van der Waals surface area (Å²) in [6, 6.07) is 18.6. The second-order valence-electron chi connectivity index (χ2n) is 4.27. The van der Waals surface area contributed by atoms with Crippen molar-refractivity contribution in [2.75, 3.05) is 6.54 Å². The van der Waals surface area contributed by atoms with Gasteiger partial charge in [0.1, 0.15) is 0 Å². The molecule has 2 aromatic carbocycles. The van der Waals surface area contributed by atoms with Crippen LogP contribution in [-0.2, 0) is 0 Å². The van der Waals surface area contributed by atoms with E-state index >= 15 is 0 Å². The van der Waals surface area contributed by atoms with Gasteiger partial charge in [0.2, 0.25) is 0 Å². The molecule has 1 amide bonds. The molecule has 0 aliphatic heterocycles. The van der Waals surface area contributed by atoms with Crippen LogP contribution in [0.5, 0.6) is 0 Å². The molecule has 0 bridgehead atoms. The topological polar surface area (TPSA) is 20.3 Å². The summed E-state index contributed by atoms with van der Waals surface area (Å²) in [5.41, 5.74) is 2.09. The zero-order valence-electron chi connectivity index (χ0n) is 11.1. The molecule has 0 saturated carbocycles. The largest absolute Gasteiger partial charge is 0.297 e. The lowest BCUT2D eigenvalue weighted by molar-refractivity contribution is 0.0849.